The van der Waals surface area contributed by atoms with E-state index in [1.807, 2.05) is 42.5 Å². The molecule has 0 radical (unpaired) electrons. The zero-order valence-corrected chi connectivity index (χ0v) is 15.8. The van der Waals surface area contributed by atoms with E-state index in [9.17, 15) is 9.59 Å². The Morgan fingerprint density at radius 1 is 0.852 bits per heavy atom. The lowest BCUT2D eigenvalue weighted by Gasteiger charge is -2.10. The number of rotatable bonds is 6. The van der Waals surface area contributed by atoms with Crippen molar-refractivity contribution in [3.8, 4) is 0 Å². The number of methoxy groups -OCH3 is 1. The molecule has 0 aliphatic carbocycles. The van der Waals surface area contributed by atoms with Gasteiger partial charge in [-0.15, -0.1) is 0 Å². The second-order valence-electron chi connectivity index (χ2n) is 6.59. The first-order chi connectivity index (χ1) is 13.0. The predicted octanol–water partition coefficient (Wildman–Crippen LogP) is 4.43. The van der Waals surface area contributed by atoms with E-state index in [2.05, 4.69) is 17.1 Å². The number of aromatic amines is 1. The molecule has 1 N–H and O–H groups in total. The Balaban J connectivity index is 1.96. The normalized spacial score (nSPS) is 10.6. The number of hydrogen-bond acceptors (Lipinski definition) is 3. The Morgan fingerprint density at radius 2 is 1.48 bits per heavy atom. The molecule has 138 valence electrons. The molecule has 0 aliphatic rings. The van der Waals surface area contributed by atoms with Gasteiger partial charge in [-0.2, -0.15) is 0 Å². The summed E-state index contributed by atoms with van der Waals surface area (Å²) < 4.78 is 4.88. The van der Waals surface area contributed by atoms with Gasteiger partial charge in [0.25, 0.3) is 0 Å². The third-order valence-electron chi connectivity index (χ3n) is 4.78. The fourth-order valence-electron chi connectivity index (χ4n) is 3.44. The van der Waals surface area contributed by atoms with Crippen LogP contribution in [0.25, 0.3) is 0 Å². The molecular weight excluding hydrogens is 338 g/mol. The van der Waals surface area contributed by atoms with E-state index >= 15 is 0 Å². The number of hydrogen-bond donors (Lipinski definition) is 1. The van der Waals surface area contributed by atoms with Crippen LogP contribution in [-0.2, 0) is 17.6 Å². The van der Waals surface area contributed by atoms with E-state index < -0.39 is 5.97 Å². The van der Waals surface area contributed by atoms with Gasteiger partial charge in [0.1, 0.15) is 0 Å². The van der Waals surface area contributed by atoms with Crippen LogP contribution in [-0.4, -0.2) is 23.8 Å². The van der Waals surface area contributed by atoms with Crippen molar-refractivity contribution in [3.05, 3.63) is 93.8 Å². The van der Waals surface area contributed by atoms with Crippen molar-refractivity contribution < 1.29 is 14.3 Å². The molecule has 0 spiro atoms. The van der Waals surface area contributed by atoms with E-state index in [4.69, 9.17) is 4.74 Å². The second kappa shape index (κ2) is 8.04. The molecule has 0 atom stereocenters. The standard InChI is InChI=1S/C23H23NO3/c1-15-20(21(16(2)24-15)23(26)27-3)22(25)19-12-8-7-11-18(19)14-13-17-9-5-4-6-10-17/h4-12,24H,13-14H2,1-3H3. The van der Waals surface area contributed by atoms with Gasteiger partial charge in [0.2, 0.25) is 0 Å². The lowest BCUT2D eigenvalue weighted by atomic mass is 9.92. The van der Waals surface area contributed by atoms with Crippen LogP contribution in [0, 0.1) is 13.8 Å². The molecule has 0 aliphatic heterocycles. The van der Waals surface area contributed by atoms with Gasteiger partial charge in [0, 0.05) is 17.0 Å². The minimum atomic E-state index is -0.498. The number of ether oxygens (including phenoxy) is 1. The fraction of sp³-hybridized carbons (Fsp3) is 0.217. The molecule has 27 heavy (non-hydrogen) atoms. The number of H-pyrrole nitrogens is 1. The summed E-state index contributed by atoms with van der Waals surface area (Å²) in [6.07, 6.45) is 1.60. The Kier molecular flexibility index (Phi) is 5.55. The number of nitrogens with one attached hydrogen (secondary N) is 1. The van der Waals surface area contributed by atoms with Crippen molar-refractivity contribution >= 4 is 11.8 Å². The molecule has 0 amide bonds. The van der Waals surface area contributed by atoms with Gasteiger partial charge in [0.05, 0.1) is 18.2 Å². The lowest BCUT2D eigenvalue weighted by molar-refractivity contribution is 0.0597. The molecular formula is C23H23NO3. The zero-order chi connectivity index (χ0) is 19.4. The summed E-state index contributed by atoms with van der Waals surface area (Å²) in [5.41, 5.74) is 4.86. The number of ketones is 1. The first kappa shape index (κ1) is 18.6. The van der Waals surface area contributed by atoms with Crippen molar-refractivity contribution in [2.75, 3.05) is 7.11 Å². The average molecular weight is 361 g/mol. The summed E-state index contributed by atoms with van der Waals surface area (Å²) in [6, 6.07) is 17.8. The van der Waals surface area contributed by atoms with Gasteiger partial charge in [-0.1, -0.05) is 54.6 Å². The van der Waals surface area contributed by atoms with E-state index in [0.29, 0.717) is 28.1 Å². The lowest BCUT2D eigenvalue weighted by Crippen LogP contribution is -2.13. The minimum absolute atomic E-state index is 0.152. The number of carbonyl (C=O) groups is 2. The highest BCUT2D eigenvalue weighted by Crippen LogP contribution is 2.25. The molecule has 0 fully saturated rings. The van der Waals surface area contributed by atoms with Crippen LogP contribution in [0.2, 0.25) is 0 Å². The number of esters is 1. The van der Waals surface area contributed by atoms with E-state index in [-0.39, 0.29) is 5.78 Å². The second-order valence-corrected chi connectivity index (χ2v) is 6.59. The van der Waals surface area contributed by atoms with Gasteiger partial charge in [0.15, 0.2) is 5.78 Å². The highest BCUT2D eigenvalue weighted by atomic mass is 16.5. The van der Waals surface area contributed by atoms with Gasteiger partial charge in [-0.05, 0) is 37.8 Å². The summed E-state index contributed by atoms with van der Waals surface area (Å²) >= 11 is 0. The van der Waals surface area contributed by atoms with Crippen LogP contribution in [0.5, 0.6) is 0 Å². The minimum Gasteiger partial charge on any atom is -0.465 e. The first-order valence-electron chi connectivity index (χ1n) is 8.97. The molecule has 2 aromatic carbocycles. The number of aromatic nitrogens is 1. The van der Waals surface area contributed by atoms with Crippen molar-refractivity contribution in [1.29, 1.82) is 0 Å². The fourth-order valence-corrected chi connectivity index (χ4v) is 3.44. The van der Waals surface area contributed by atoms with Gasteiger partial charge in [-0.25, -0.2) is 4.79 Å². The van der Waals surface area contributed by atoms with E-state index in [1.54, 1.807) is 13.8 Å². The monoisotopic (exact) mass is 361 g/mol. The molecule has 0 saturated carbocycles. The Labute approximate surface area is 159 Å². The smallest absolute Gasteiger partial charge is 0.340 e. The van der Waals surface area contributed by atoms with Crippen LogP contribution >= 0.6 is 0 Å². The van der Waals surface area contributed by atoms with Crippen LogP contribution in [0.15, 0.2) is 54.6 Å². The summed E-state index contributed by atoms with van der Waals surface area (Å²) in [6.45, 7) is 3.58. The topological polar surface area (TPSA) is 59.2 Å². The predicted molar refractivity (Wildman–Crippen MR) is 105 cm³/mol. The van der Waals surface area contributed by atoms with E-state index in [1.165, 1.54) is 12.7 Å². The molecule has 1 heterocycles. The van der Waals surface area contributed by atoms with Crippen LogP contribution in [0.1, 0.15) is 48.8 Å². The molecule has 4 nitrogen and oxygen atoms in total. The van der Waals surface area contributed by atoms with Gasteiger partial charge >= 0.3 is 5.97 Å². The quantitative estimate of drug-likeness (QED) is 0.522. The average Bonchev–Trinajstić information content (AvgIpc) is 3.00. The van der Waals surface area contributed by atoms with Crippen LogP contribution in [0.4, 0.5) is 0 Å². The van der Waals surface area contributed by atoms with Crippen molar-refractivity contribution in [3.63, 3.8) is 0 Å². The maximum Gasteiger partial charge on any atom is 0.340 e. The number of carbonyl (C=O) groups excluding carboxylic acids is 2. The zero-order valence-electron chi connectivity index (χ0n) is 15.8. The maximum atomic E-state index is 13.3. The van der Waals surface area contributed by atoms with Gasteiger partial charge in [-0.3, -0.25) is 4.79 Å². The van der Waals surface area contributed by atoms with Crippen LogP contribution in [0.3, 0.4) is 0 Å². The summed E-state index contributed by atoms with van der Waals surface area (Å²) in [4.78, 5) is 28.6. The number of benzene rings is 2. The van der Waals surface area contributed by atoms with Crippen molar-refractivity contribution in [2.24, 2.45) is 0 Å². The summed E-state index contributed by atoms with van der Waals surface area (Å²) in [5, 5.41) is 0. The molecule has 3 rings (SSSR count). The Hall–Kier alpha value is -3.14. The molecule has 0 bridgehead atoms. The third-order valence-corrected chi connectivity index (χ3v) is 4.78. The Bertz CT molecular complexity index is 971. The summed E-state index contributed by atoms with van der Waals surface area (Å²) in [7, 11) is 1.33. The Morgan fingerprint density at radius 3 is 2.19 bits per heavy atom. The maximum absolute atomic E-state index is 13.3. The SMILES string of the molecule is COC(=O)c1c(C)[nH]c(C)c1C(=O)c1ccccc1CCc1ccccc1. The highest BCUT2D eigenvalue weighted by molar-refractivity contribution is 6.16. The van der Waals surface area contributed by atoms with Crippen molar-refractivity contribution in [1.82, 2.24) is 4.98 Å². The summed E-state index contributed by atoms with van der Waals surface area (Å²) in [5.74, 6) is -0.650. The first-order valence-corrected chi connectivity index (χ1v) is 8.97. The van der Waals surface area contributed by atoms with Gasteiger partial charge < -0.3 is 9.72 Å². The van der Waals surface area contributed by atoms with Crippen molar-refractivity contribution in [2.45, 2.75) is 26.7 Å². The molecule has 1 aromatic heterocycles. The third kappa shape index (κ3) is 3.85. The molecule has 0 unspecified atom stereocenters. The number of aryl methyl sites for hydroxylation is 4. The van der Waals surface area contributed by atoms with E-state index in [0.717, 1.165) is 18.4 Å². The largest absolute Gasteiger partial charge is 0.465 e. The molecule has 0 saturated heterocycles. The highest BCUT2D eigenvalue weighted by Gasteiger charge is 2.26. The molecule has 3 aromatic rings. The molecule has 4 heteroatoms. The van der Waals surface area contributed by atoms with Crippen LogP contribution < -0.4 is 0 Å².